The van der Waals surface area contributed by atoms with Gasteiger partial charge in [0.05, 0.1) is 18.3 Å². The maximum Gasteiger partial charge on any atom is 0.0964 e. The average Bonchev–Trinajstić information content (AvgIpc) is 2.98. The van der Waals surface area contributed by atoms with Crippen molar-refractivity contribution < 1.29 is 5.11 Å². The molecule has 1 aliphatic carbocycles. The molecule has 0 spiro atoms. The molecule has 0 radical (unpaired) electrons. The fourth-order valence-corrected chi connectivity index (χ4v) is 2.74. The number of hydrogen-bond acceptors (Lipinski definition) is 4. The first-order chi connectivity index (χ1) is 9.13. The van der Waals surface area contributed by atoms with Crippen LogP contribution in [0.1, 0.15) is 51.6 Å². The van der Waals surface area contributed by atoms with E-state index in [1.807, 2.05) is 6.20 Å². The van der Waals surface area contributed by atoms with Crippen molar-refractivity contribution in [1.82, 2.24) is 20.3 Å². The van der Waals surface area contributed by atoms with Gasteiger partial charge in [0.15, 0.2) is 0 Å². The number of nitrogens with one attached hydrogen (secondary N) is 1. The lowest BCUT2D eigenvalue weighted by Crippen LogP contribution is -2.22. The van der Waals surface area contributed by atoms with E-state index in [-0.39, 0.29) is 6.10 Å². The summed E-state index contributed by atoms with van der Waals surface area (Å²) in [6.45, 7) is 5.51. The van der Waals surface area contributed by atoms with Crippen LogP contribution in [0.4, 0.5) is 0 Å². The first-order valence-corrected chi connectivity index (χ1v) is 7.44. The minimum absolute atomic E-state index is 0.296. The molecule has 0 aliphatic heterocycles. The van der Waals surface area contributed by atoms with Gasteiger partial charge >= 0.3 is 0 Å². The molecule has 5 heteroatoms. The minimum atomic E-state index is -0.296. The van der Waals surface area contributed by atoms with Crippen LogP contribution in [0.25, 0.3) is 0 Å². The molecule has 1 saturated carbocycles. The van der Waals surface area contributed by atoms with Crippen molar-refractivity contribution in [1.29, 1.82) is 0 Å². The van der Waals surface area contributed by atoms with Crippen LogP contribution < -0.4 is 5.32 Å². The molecular formula is C14H26N4O. The Hall–Kier alpha value is -0.940. The second-order valence-corrected chi connectivity index (χ2v) is 6.01. The molecule has 1 aromatic rings. The monoisotopic (exact) mass is 266 g/mol. The zero-order valence-electron chi connectivity index (χ0n) is 12.0. The van der Waals surface area contributed by atoms with Gasteiger partial charge in [-0.2, -0.15) is 0 Å². The van der Waals surface area contributed by atoms with Crippen molar-refractivity contribution in [3.05, 3.63) is 11.9 Å². The van der Waals surface area contributed by atoms with E-state index < -0.39 is 0 Å². The molecular weight excluding hydrogens is 240 g/mol. The predicted octanol–water partition coefficient (Wildman–Crippen LogP) is 1.72. The van der Waals surface area contributed by atoms with Crippen molar-refractivity contribution in [3.8, 4) is 0 Å². The van der Waals surface area contributed by atoms with Gasteiger partial charge in [-0.05, 0) is 12.3 Å². The Morgan fingerprint density at radius 3 is 2.84 bits per heavy atom. The van der Waals surface area contributed by atoms with Gasteiger partial charge in [0, 0.05) is 18.8 Å². The topological polar surface area (TPSA) is 63.0 Å². The fraction of sp³-hybridized carbons (Fsp3) is 0.857. The summed E-state index contributed by atoms with van der Waals surface area (Å²) in [5, 5.41) is 21.6. The highest BCUT2D eigenvalue weighted by atomic mass is 16.3. The van der Waals surface area contributed by atoms with Gasteiger partial charge in [-0.3, -0.25) is 0 Å². The molecule has 19 heavy (non-hydrogen) atoms. The van der Waals surface area contributed by atoms with Crippen LogP contribution in [0.5, 0.6) is 0 Å². The average molecular weight is 266 g/mol. The molecule has 1 fully saturated rings. The van der Waals surface area contributed by atoms with E-state index >= 15 is 0 Å². The molecule has 108 valence electrons. The summed E-state index contributed by atoms with van der Waals surface area (Å²) in [5.74, 6) is 0.709. The van der Waals surface area contributed by atoms with Gasteiger partial charge in [-0.1, -0.05) is 44.7 Å². The predicted molar refractivity (Wildman–Crippen MR) is 74.6 cm³/mol. The molecule has 1 aliphatic rings. The van der Waals surface area contributed by atoms with Crippen molar-refractivity contribution in [2.24, 2.45) is 5.92 Å². The van der Waals surface area contributed by atoms with Gasteiger partial charge in [0.25, 0.3) is 0 Å². The fourth-order valence-electron chi connectivity index (χ4n) is 2.74. The van der Waals surface area contributed by atoms with E-state index in [9.17, 15) is 5.11 Å². The molecule has 1 heterocycles. The summed E-state index contributed by atoms with van der Waals surface area (Å²) in [6, 6.07) is 0.443. The van der Waals surface area contributed by atoms with Crippen molar-refractivity contribution >= 4 is 0 Å². The van der Waals surface area contributed by atoms with Crippen LogP contribution in [-0.2, 0) is 13.1 Å². The second-order valence-electron chi connectivity index (χ2n) is 6.01. The smallest absolute Gasteiger partial charge is 0.0964 e. The Kier molecular flexibility index (Phi) is 5.34. The highest BCUT2D eigenvalue weighted by Crippen LogP contribution is 2.28. The summed E-state index contributed by atoms with van der Waals surface area (Å²) >= 11 is 0. The third-order valence-corrected chi connectivity index (χ3v) is 3.76. The molecule has 5 nitrogen and oxygen atoms in total. The Balaban J connectivity index is 1.75. The SMILES string of the molecule is CC(C)NCc1cn(CC(O)CC2CCCC2)nn1. The number of nitrogens with zero attached hydrogens (tertiary/aromatic N) is 3. The molecule has 1 atom stereocenters. The molecule has 2 N–H and O–H groups in total. The zero-order chi connectivity index (χ0) is 13.7. The summed E-state index contributed by atoms with van der Waals surface area (Å²) < 4.78 is 1.76. The third kappa shape index (κ3) is 4.91. The number of hydrogen-bond donors (Lipinski definition) is 2. The Morgan fingerprint density at radius 1 is 1.42 bits per heavy atom. The lowest BCUT2D eigenvalue weighted by Gasteiger charge is -2.14. The second kappa shape index (κ2) is 7.01. The first-order valence-electron chi connectivity index (χ1n) is 7.44. The van der Waals surface area contributed by atoms with E-state index in [2.05, 4.69) is 29.5 Å². The molecule has 1 unspecified atom stereocenters. The molecule has 0 aromatic carbocycles. The summed E-state index contributed by atoms with van der Waals surface area (Å²) in [5.41, 5.74) is 0.932. The first kappa shape index (κ1) is 14.5. The van der Waals surface area contributed by atoms with Gasteiger partial charge in [0.1, 0.15) is 0 Å². The lowest BCUT2D eigenvalue weighted by atomic mass is 10.0. The highest BCUT2D eigenvalue weighted by Gasteiger charge is 2.19. The largest absolute Gasteiger partial charge is 0.391 e. The van der Waals surface area contributed by atoms with E-state index in [0.717, 1.165) is 18.7 Å². The van der Waals surface area contributed by atoms with E-state index in [0.29, 0.717) is 18.5 Å². The molecule has 2 rings (SSSR count). The van der Waals surface area contributed by atoms with Crippen LogP contribution in [0, 0.1) is 5.92 Å². The van der Waals surface area contributed by atoms with Crippen molar-refractivity contribution in [2.75, 3.05) is 0 Å². The molecule has 0 bridgehead atoms. The number of rotatable bonds is 7. The summed E-state index contributed by atoms with van der Waals surface area (Å²) in [6.07, 6.45) is 7.73. The maximum absolute atomic E-state index is 10.1. The van der Waals surface area contributed by atoms with Crippen molar-refractivity contribution in [3.63, 3.8) is 0 Å². The maximum atomic E-state index is 10.1. The van der Waals surface area contributed by atoms with Crippen LogP contribution >= 0.6 is 0 Å². The Morgan fingerprint density at radius 2 is 2.16 bits per heavy atom. The van der Waals surface area contributed by atoms with Crippen LogP contribution in [0.2, 0.25) is 0 Å². The summed E-state index contributed by atoms with van der Waals surface area (Å²) in [7, 11) is 0. The number of aliphatic hydroxyl groups excluding tert-OH is 1. The van der Waals surface area contributed by atoms with Crippen LogP contribution in [-0.4, -0.2) is 32.2 Å². The van der Waals surface area contributed by atoms with Crippen molar-refractivity contribution in [2.45, 2.75) is 71.2 Å². The normalized spacial score (nSPS) is 18.3. The number of aromatic nitrogens is 3. The minimum Gasteiger partial charge on any atom is -0.391 e. The highest BCUT2D eigenvalue weighted by molar-refractivity contribution is 4.92. The molecule has 0 saturated heterocycles. The van der Waals surface area contributed by atoms with Gasteiger partial charge in [0.2, 0.25) is 0 Å². The van der Waals surface area contributed by atoms with Crippen LogP contribution in [0.3, 0.4) is 0 Å². The third-order valence-electron chi connectivity index (χ3n) is 3.76. The van der Waals surface area contributed by atoms with Gasteiger partial charge in [-0.15, -0.1) is 5.10 Å². The number of aliphatic hydroxyl groups is 1. The molecule has 1 aromatic heterocycles. The quantitative estimate of drug-likeness (QED) is 0.789. The standard InChI is InChI=1S/C14H26N4O/c1-11(2)15-8-13-9-18(17-16-13)10-14(19)7-12-5-3-4-6-12/h9,11-12,14-15,19H,3-8,10H2,1-2H3. The lowest BCUT2D eigenvalue weighted by molar-refractivity contribution is 0.120. The van der Waals surface area contributed by atoms with Crippen LogP contribution in [0.15, 0.2) is 6.20 Å². The Labute approximate surface area is 115 Å². The summed E-state index contributed by atoms with van der Waals surface area (Å²) in [4.78, 5) is 0. The van der Waals surface area contributed by atoms with Gasteiger partial charge < -0.3 is 10.4 Å². The van der Waals surface area contributed by atoms with E-state index in [1.54, 1.807) is 4.68 Å². The Bertz CT molecular complexity index is 371. The van der Waals surface area contributed by atoms with E-state index in [1.165, 1.54) is 25.7 Å². The van der Waals surface area contributed by atoms with Gasteiger partial charge in [-0.25, -0.2) is 4.68 Å². The molecule has 0 amide bonds. The zero-order valence-corrected chi connectivity index (χ0v) is 12.0. The van der Waals surface area contributed by atoms with E-state index in [4.69, 9.17) is 0 Å².